The summed E-state index contributed by atoms with van der Waals surface area (Å²) in [4.78, 5) is 11.6. The Kier molecular flexibility index (Phi) is 4.35. The van der Waals surface area contributed by atoms with Crippen LogP contribution in [0.25, 0.3) is 10.8 Å². The Hall–Kier alpha value is -2.56. The summed E-state index contributed by atoms with van der Waals surface area (Å²) in [5.74, 6) is 0.144. The summed E-state index contributed by atoms with van der Waals surface area (Å²) in [6.07, 6.45) is -0.632. The summed E-state index contributed by atoms with van der Waals surface area (Å²) < 4.78 is 5.10. The van der Waals surface area contributed by atoms with Gasteiger partial charge in [0.15, 0.2) is 0 Å². The van der Waals surface area contributed by atoms with E-state index in [4.69, 9.17) is 4.74 Å². The van der Waals surface area contributed by atoms with Crippen molar-refractivity contribution in [3.8, 4) is 5.75 Å². The molecule has 0 bridgehead atoms. The molecule has 1 amide bonds. The van der Waals surface area contributed by atoms with Gasteiger partial charge in [0.25, 0.3) is 0 Å². The zero-order valence-corrected chi connectivity index (χ0v) is 13.2. The predicted octanol–water partition coefficient (Wildman–Crippen LogP) is 3.79. The van der Waals surface area contributed by atoms with Gasteiger partial charge in [0.1, 0.15) is 11.4 Å². The Balaban J connectivity index is 2.22. The average Bonchev–Trinajstić information content (AvgIpc) is 2.44. The number of phenols is 1. The third-order valence-electron chi connectivity index (χ3n) is 3.00. The lowest BCUT2D eigenvalue weighted by Gasteiger charge is -2.18. The van der Waals surface area contributed by atoms with Crippen molar-refractivity contribution >= 4 is 22.6 Å². The zero-order valence-electron chi connectivity index (χ0n) is 13.2. The number of carbonyl (C=O) groups is 1. The summed E-state index contributed by atoms with van der Waals surface area (Å²) in [5.41, 5.74) is 2.80. The van der Waals surface area contributed by atoms with E-state index in [1.54, 1.807) is 33.8 Å². The number of ether oxygens (including phenoxy) is 1. The van der Waals surface area contributed by atoms with Crippen molar-refractivity contribution in [3.05, 3.63) is 42.0 Å². The minimum absolute atomic E-state index is 0.144. The molecule has 2 aromatic rings. The minimum atomic E-state index is -0.632. The molecule has 0 radical (unpaired) electrons. The molecule has 5 heteroatoms. The Morgan fingerprint density at radius 1 is 1.18 bits per heavy atom. The number of hydrogen-bond acceptors (Lipinski definition) is 4. The third kappa shape index (κ3) is 3.75. The van der Waals surface area contributed by atoms with Crippen LogP contribution < -0.4 is 5.43 Å². The largest absolute Gasteiger partial charge is 0.507 e. The van der Waals surface area contributed by atoms with Crippen LogP contribution in [-0.4, -0.2) is 22.5 Å². The van der Waals surface area contributed by atoms with Gasteiger partial charge < -0.3 is 9.84 Å². The second-order valence-corrected chi connectivity index (χ2v) is 5.99. The van der Waals surface area contributed by atoms with E-state index in [-0.39, 0.29) is 5.75 Å². The normalized spacial score (nSPS) is 12.3. The smallest absolute Gasteiger partial charge is 0.428 e. The number of nitrogens with one attached hydrogen (secondary N) is 1. The molecule has 2 aromatic carbocycles. The topological polar surface area (TPSA) is 70.9 Å². The van der Waals surface area contributed by atoms with Crippen molar-refractivity contribution in [2.24, 2.45) is 5.10 Å². The van der Waals surface area contributed by atoms with Crippen molar-refractivity contribution in [1.29, 1.82) is 0 Å². The fraction of sp³-hybridized carbons (Fsp3) is 0.294. The van der Waals surface area contributed by atoms with E-state index < -0.39 is 11.7 Å². The van der Waals surface area contributed by atoms with E-state index in [0.29, 0.717) is 11.3 Å². The second-order valence-electron chi connectivity index (χ2n) is 5.99. The lowest BCUT2D eigenvalue weighted by atomic mass is 10.0. The van der Waals surface area contributed by atoms with Crippen LogP contribution in [0.2, 0.25) is 0 Å². The molecular formula is C17H20N2O3. The van der Waals surface area contributed by atoms with Gasteiger partial charge in [0.2, 0.25) is 0 Å². The monoisotopic (exact) mass is 300 g/mol. The number of nitrogens with zero attached hydrogens (tertiary/aromatic N) is 1. The molecule has 0 aromatic heterocycles. The highest BCUT2D eigenvalue weighted by Gasteiger charge is 2.16. The van der Waals surface area contributed by atoms with E-state index >= 15 is 0 Å². The van der Waals surface area contributed by atoms with Crippen LogP contribution in [0, 0.1) is 0 Å². The number of benzene rings is 2. The highest BCUT2D eigenvalue weighted by atomic mass is 16.6. The van der Waals surface area contributed by atoms with Gasteiger partial charge in [-0.1, -0.05) is 30.3 Å². The van der Waals surface area contributed by atoms with Gasteiger partial charge in [-0.15, -0.1) is 0 Å². The number of carbonyl (C=O) groups excluding carboxylic acids is 1. The van der Waals surface area contributed by atoms with Crippen LogP contribution in [0.4, 0.5) is 4.79 Å². The molecule has 0 heterocycles. The molecule has 0 aliphatic heterocycles. The lowest BCUT2D eigenvalue weighted by molar-refractivity contribution is 0.0529. The van der Waals surface area contributed by atoms with Gasteiger partial charge in [-0.2, -0.15) is 5.10 Å². The Morgan fingerprint density at radius 3 is 2.55 bits per heavy atom. The predicted molar refractivity (Wildman–Crippen MR) is 87.2 cm³/mol. The van der Waals surface area contributed by atoms with Crippen molar-refractivity contribution in [3.63, 3.8) is 0 Å². The minimum Gasteiger partial charge on any atom is -0.507 e. The fourth-order valence-electron chi connectivity index (χ4n) is 2.04. The summed E-state index contributed by atoms with van der Waals surface area (Å²) in [7, 11) is 0. The van der Waals surface area contributed by atoms with Gasteiger partial charge >= 0.3 is 6.09 Å². The number of fused-ring (bicyclic) bond motifs is 1. The molecule has 0 fully saturated rings. The first-order valence-corrected chi connectivity index (χ1v) is 7.02. The Morgan fingerprint density at radius 2 is 1.86 bits per heavy atom. The second kappa shape index (κ2) is 6.05. The quantitative estimate of drug-likeness (QED) is 0.654. The summed E-state index contributed by atoms with van der Waals surface area (Å²) in [5, 5.41) is 16.0. The fourth-order valence-corrected chi connectivity index (χ4v) is 2.04. The van der Waals surface area contributed by atoms with Crippen molar-refractivity contribution in [1.82, 2.24) is 5.43 Å². The van der Waals surface area contributed by atoms with Gasteiger partial charge in [-0.3, -0.25) is 0 Å². The van der Waals surface area contributed by atoms with Gasteiger partial charge in [-0.25, -0.2) is 10.2 Å². The molecule has 0 saturated carbocycles. The van der Waals surface area contributed by atoms with Crippen LogP contribution in [-0.2, 0) is 4.74 Å². The van der Waals surface area contributed by atoms with Gasteiger partial charge in [-0.05, 0) is 39.1 Å². The van der Waals surface area contributed by atoms with Crippen LogP contribution in [0.3, 0.4) is 0 Å². The Bertz CT molecular complexity index is 730. The van der Waals surface area contributed by atoms with Gasteiger partial charge in [0.05, 0.1) is 5.71 Å². The first kappa shape index (κ1) is 15.8. The van der Waals surface area contributed by atoms with Crippen LogP contribution in [0.1, 0.15) is 33.3 Å². The highest BCUT2D eigenvalue weighted by Crippen LogP contribution is 2.28. The number of hydrogen-bond donors (Lipinski definition) is 2. The van der Waals surface area contributed by atoms with Crippen molar-refractivity contribution < 1.29 is 14.6 Å². The number of amides is 1. The molecule has 0 aliphatic rings. The number of rotatable bonds is 2. The zero-order chi connectivity index (χ0) is 16.3. The van der Waals surface area contributed by atoms with E-state index in [9.17, 15) is 9.90 Å². The molecule has 0 unspecified atom stereocenters. The molecule has 2 rings (SSSR count). The maximum absolute atomic E-state index is 11.6. The maximum atomic E-state index is 11.6. The summed E-state index contributed by atoms with van der Waals surface area (Å²) >= 11 is 0. The summed E-state index contributed by atoms with van der Waals surface area (Å²) in [6, 6.07) is 11.2. The Labute approximate surface area is 129 Å². The molecule has 0 atom stereocenters. The molecule has 0 saturated heterocycles. The standard InChI is InChI=1S/C17H20N2O3/c1-11(18-19-16(21)22-17(2,3)4)13-10-9-12-7-5-6-8-14(12)15(13)20/h5-10,20H,1-4H3,(H,19,21). The van der Waals surface area contributed by atoms with E-state index in [2.05, 4.69) is 10.5 Å². The molecular weight excluding hydrogens is 280 g/mol. The van der Waals surface area contributed by atoms with Crippen molar-refractivity contribution in [2.75, 3.05) is 0 Å². The third-order valence-corrected chi connectivity index (χ3v) is 3.00. The van der Waals surface area contributed by atoms with E-state index in [1.165, 1.54) is 0 Å². The number of aromatic hydroxyl groups is 1. The van der Waals surface area contributed by atoms with Gasteiger partial charge in [0, 0.05) is 10.9 Å². The van der Waals surface area contributed by atoms with E-state index in [1.807, 2.05) is 30.3 Å². The molecule has 0 aliphatic carbocycles. The molecule has 2 N–H and O–H groups in total. The number of hydrazone groups is 1. The van der Waals surface area contributed by atoms with Crippen LogP contribution in [0.15, 0.2) is 41.5 Å². The highest BCUT2D eigenvalue weighted by molar-refractivity contribution is 6.06. The van der Waals surface area contributed by atoms with Crippen molar-refractivity contribution in [2.45, 2.75) is 33.3 Å². The summed E-state index contributed by atoms with van der Waals surface area (Å²) in [6.45, 7) is 7.04. The first-order chi connectivity index (χ1) is 10.3. The van der Waals surface area contributed by atoms with Crippen LogP contribution >= 0.6 is 0 Å². The molecule has 116 valence electrons. The first-order valence-electron chi connectivity index (χ1n) is 7.02. The average molecular weight is 300 g/mol. The lowest BCUT2D eigenvalue weighted by Crippen LogP contribution is -2.30. The molecule has 22 heavy (non-hydrogen) atoms. The SMILES string of the molecule is CC(=NNC(=O)OC(C)(C)C)c1ccc2ccccc2c1O. The van der Waals surface area contributed by atoms with E-state index in [0.717, 1.165) is 10.8 Å². The number of phenolic OH excluding ortho intramolecular Hbond substituents is 1. The maximum Gasteiger partial charge on any atom is 0.428 e. The molecule has 0 spiro atoms. The van der Waals surface area contributed by atoms with Crippen LogP contribution in [0.5, 0.6) is 5.75 Å². The molecule has 5 nitrogen and oxygen atoms in total.